The van der Waals surface area contributed by atoms with Gasteiger partial charge in [-0.3, -0.25) is 14.5 Å². The van der Waals surface area contributed by atoms with Gasteiger partial charge in [0.05, 0.1) is 18.3 Å². The second-order valence-electron chi connectivity index (χ2n) is 7.79. The number of amides is 2. The molecule has 28 heavy (non-hydrogen) atoms. The highest BCUT2D eigenvalue weighted by molar-refractivity contribution is 7.14. The molecular weight excluding hydrogens is 372 g/mol. The lowest BCUT2D eigenvalue weighted by Gasteiger charge is -2.36. The first kappa shape index (κ1) is 20.5. The van der Waals surface area contributed by atoms with Gasteiger partial charge in [-0.25, -0.2) is 4.98 Å². The van der Waals surface area contributed by atoms with Crippen molar-refractivity contribution in [2.24, 2.45) is 5.92 Å². The molecule has 0 bridgehead atoms. The lowest BCUT2D eigenvalue weighted by Crippen LogP contribution is -2.58. The number of carbonyl (C=O) groups is 2. The molecule has 1 atom stereocenters. The Bertz CT molecular complexity index is 891. The van der Waals surface area contributed by atoms with Crippen LogP contribution in [0, 0.1) is 26.7 Å². The molecule has 1 fully saturated rings. The molecule has 0 saturated carbocycles. The summed E-state index contributed by atoms with van der Waals surface area (Å²) in [5.41, 5.74) is 5.62. The van der Waals surface area contributed by atoms with Gasteiger partial charge in [-0.2, -0.15) is 0 Å². The van der Waals surface area contributed by atoms with Crippen LogP contribution in [0.5, 0.6) is 0 Å². The fraction of sp³-hybridized carbons (Fsp3) is 0.476. The van der Waals surface area contributed by atoms with Crippen molar-refractivity contribution in [1.82, 2.24) is 15.2 Å². The van der Waals surface area contributed by atoms with E-state index in [0.717, 1.165) is 11.3 Å². The van der Waals surface area contributed by atoms with E-state index in [1.54, 1.807) is 0 Å². The zero-order valence-corrected chi connectivity index (χ0v) is 17.9. The molecule has 0 radical (unpaired) electrons. The highest BCUT2D eigenvalue weighted by Crippen LogP contribution is 2.29. The summed E-state index contributed by atoms with van der Waals surface area (Å²) in [4.78, 5) is 31.2. The molecule has 1 aliphatic heterocycles. The lowest BCUT2D eigenvalue weighted by atomic mass is 9.99. The molecule has 1 saturated heterocycles. The molecule has 1 aromatic heterocycles. The second kappa shape index (κ2) is 8.41. The summed E-state index contributed by atoms with van der Waals surface area (Å²) >= 11 is 1.42. The number of carbonyl (C=O) groups excluding carboxylic acids is 2. The highest BCUT2D eigenvalue weighted by Gasteiger charge is 2.33. The Labute approximate surface area is 170 Å². The van der Waals surface area contributed by atoms with Crippen molar-refractivity contribution in [3.8, 4) is 11.3 Å². The van der Waals surface area contributed by atoms with Crippen LogP contribution >= 0.6 is 11.3 Å². The first-order valence-electron chi connectivity index (χ1n) is 9.61. The van der Waals surface area contributed by atoms with Gasteiger partial charge in [0.25, 0.3) is 0 Å². The van der Waals surface area contributed by atoms with Gasteiger partial charge in [-0.1, -0.05) is 19.9 Å². The van der Waals surface area contributed by atoms with Crippen LogP contribution < -0.4 is 10.6 Å². The number of nitrogens with zero attached hydrogens (tertiary/aromatic N) is 2. The summed E-state index contributed by atoms with van der Waals surface area (Å²) in [6.45, 7) is 11.7. The molecule has 1 aliphatic rings. The molecule has 0 aliphatic carbocycles. The average Bonchev–Trinajstić information content (AvgIpc) is 3.05. The summed E-state index contributed by atoms with van der Waals surface area (Å²) in [5, 5.41) is 8.33. The molecule has 2 amide bonds. The van der Waals surface area contributed by atoms with E-state index in [1.807, 2.05) is 24.1 Å². The van der Waals surface area contributed by atoms with Crippen molar-refractivity contribution in [1.29, 1.82) is 0 Å². The number of aromatic nitrogens is 1. The van der Waals surface area contributed by atoms with Gasteiger partial charge in [0.15, 0.2) is 5.13 Å². The van der Waals surface area contributed by atoms with Crippen molar-refractivity contribution in [3.05, 3.63) is 34.2 Å². The van der Waals surface area contributed by atoms with Crippen molar-refractivity contribution in [2.45, 2.75) is 40.7 Å². The van der Waals surface area contributed by atoms with Crippen LogP contribution in [0.4, 0.5) is 5.13 Å². The van der Waals surface area contributed by atoms with Crippen LogP contribution in [-0.2, 0) is 9.59 Å². The van der Waals surface area contributed by atoms with Gasteiger partial charge in [-0.05, 0) is 49.4 Å². The van der Waals surface area contributed by atoms with E-state index in [1.165, 1.54) is 28.0 Å². The van der Waals surface area contributed by atoms with Gasteiger partial charge in [-0.15, -0.1) is 11.3 Å². The van der Waals surface area contributed by atoms with Crippen molar-refractivity contribution in [3.63, 3.8) is 0 Å². The van der Waals surface area contributed by atoms with Gasteiger partial charge >= 0.3 is 0 Å². The minimum atomic E-state index is -0.274. The Morgan fingerprint density at radius 2 is 2.00 bits per heavy atom. The first-order chi connectivity index (χ1) is 13.3. The maximum atomic E-state index is 12.5. The maximum Gasteiger partial charge on any atom is 0.240 e. The van der Waals surface area contributed by atoms with Crippen LogP contribution in [0.2, 0.25) is 0 Å². The van der Waals surface area contributed by atoms with E-state index >= 15 is 0 Å². The summed E-state index contributed by atoms with van der Waals surface area (Å²) in [5.74, 6) is 0.00109. The van der Waals surface area contributed by atoms with E-state index in [-0.39, 0.29) is 30.3 Å². The third-order valence-electron chi connectivity index (χ3n) is 5.21. The van der Waals surface area contributed by atoms with E-state index in [9.17, 15) is 9.59 Å². The first-order valence-corrected chi connectivity index (χ1v) is 10.5. The standard InChI is InChI=1S/C21H28N4O2S/c1-12(2)19-20(27)22-6-7-25(19)10-18(26)24-21-23-17(11-28-21)16-9-14(4)13(3)8-15(16)5/h8-9,11-12,19H,6-7,10H2,1-5H3,(H,22,27)(H,23,24,26). The summed E-state index contributed by atoms with van der Waals surface area (Å²) in [6, 6.07) is 4.03. The van der Waals surface area contributed by atoms with E-state index < -0.39 is 0 Å². The van der Waals surface area contributed by atoms with E-state index in [0.29, 0.717) is 18.2 Å². The zero-order chi connectivity index (χ0) is 20.4. The molecule has 2 aromatic rings. The minimum absolute atomic E-state index is 0.00389. The summed E-state index contributed by atoms with van der Waals surface area (Å²) in [7, 11) is 0. The fourth-order valence-electron chi connectivity index (χ4n) is 3.67. The largest absolute Gasteiger partial charge is 0.353 e. The summed E-state index contributed by atoms with van der Waals surface area (Å²) in [6.07, 6.45) is 0. The van der Waals surface area contributed by atoms with Gasteiger partial charge in [0.1, 0.15) is 0 Å². The predicted octanol–water partition coefficient (Wildman–Crippen LogP) is 3.13. The third-order valence-corrected chi connectivity index (χ3v) is 5.96. The average molecular weight is 401 g/mol. The maximum absolute atomic E-state index is 12.5. The molecule has 6 nitrogen and oxygen atoms in total. The minimum Gasteiger partial charge on any atom is -0.353 e. The smallest absolute Gasteiger partial charge is 0.240 e. The predicted molar refractivity (Wildman–Crippen MR) is 114 cm³/mol. The lowest BCUT2D eigenvalue weighted by molar-refractivity contribution is -0.132. The number of hydrogen-bond acceptors (Lipinski definition) is 5. The van der Waals surface area contributed by atoms with E-state index in [4.69, 9.17) is 0 Å². The number of hydrogen-bond donors (Lipinski definition) is 2. The molecule has 3 rings (SSSR count). The molecular formula is C21H28N4O2S. The topological polar surface area (TPSA) is 74.3 Å². The third kappa shape index (κ3) is 4.42. The Balaban J connectivity index is 1.69. The van der Waals surface area contributed by atoms with Crippen molar-refractivity contribution in [2.75, 3.05) is 25.0 Å². The number of piperazine rings is 1. The van der Waals surface area contributed by atoms with Gasteiger partial charge in [0, 0.05) is 24.0 Å². The van der Waals surface area contributed by atoms with Crippen LogP contribution in [-0.4, -0.2) is 47.4 Å². The number of nitrogens with one attached hydrogen (secondary N) is 2. The Morgan fingerprint density at radius 3 is 2.71 bits per heavy atom. The van der Waals surface area contributed by atoms with Gasteiger partial charge < -0.3 is 10.6 Å². The quantitative estimate of drug-likeness (QED) is 0.809. The van der Waals surface area contributed by atoms with Crippen LogP contribution in [0.15, 0.2) is 17.5 Å². The normalized spacial score (nSPS) is 17.6. The fourth-order valence-corrected chi connectivity index (χ4v) is 4.40. The summed E-state index contributed by atoms with van der Waals surface area (Å²) < 4.78 is 0. The van der Waals surface area contributed by atoms with E-state index in [2.05, 4.69) is 48.5 Å². The molecule has 2 heterocycles. The number of anilines is 1. The molecule has 1 unspecified atom stereocenters. The number of thiazole rings is 1. The van der Waals surface area contributed by atoms with Crippen LogP contribution in [0.1, 0.15) is 30.5 Å². The Kier molecular flexibility index (Phi) is 6.15. The highest BCUT2D eigenvalue weighted by atomic mass is 32.1. The number of aryl methyl sites for hydroxylation is 3. The molecule has 0 spiro atoms. The van der Waals surface area contributed by atoms with Crippen LogP contribution in [0.3, 0.4) is 0 Å². The molecule has 2 N–H and O–H groups in total. The second-order valence-corrected chi connectivity index (χ2v) is 8.65. The number of benzene rings is 1. The molecule has 150 valence electrons. The van der Waals surface area contributed by atoms with Crippen LogP contribution in [0.25, 0.3) is 11.3 Å². The zero-order valence-electron chi connectivity index (χ0n) is 17.1. The Hall–Kier alpha value is -2.25. The molecule has 7 heteroatoms. The van der Waals surface area contributed by atoms with Crippen molar-refractivity contribution >= 4 is 28.3 Å². The van der Waals surface area contributed by atoms with Gasteiger partial charge in [0.2, 0.25) is 11.8 Å². The van der Waals surface area contributed by atoms with Crippen molar-refractivity contribution < 1.29 is 9.59 Å². The molecule has 1 aromatic carbocycles. The SMILES string of the molecule is Cc1cc(C)c(-c2csc(NC(=O)CN3CCNC(=O)C3C(C)C)n2)cc1C. The number of rotatable bonds is 5. The monoisotopic (exact) mass is 400 g/mol. The Morgan fingerprint density at radius 1 is 1.29 bits per heavy atom.